The maximum absolute atomic E-state index is 10.6. The highest BCUT2D eigenvalue weighted by Gasteiger charge is 2.02. The minimum atomic E-state index is 0.171. The van der Waals surface area contributed by atoms with E-state index in [-0.39, 0.29) is 5.78 Å². The Labute approximate surface area is 85.6 Å². The molecule has 0 aromatic heterocycles. The zero-order valence-electron chi connectivity index (χ0n) is 9.16. The molecule has 0 amide bonds. The van der Waals surface area contributed by atoms with Crippen molar-refractivity contribution in [1.82, 2.24) is 5.01 Å². The molecule has 0 unspecified atom stereocenters. The maximum Gasteiger partial charge on any atom is 0.129 e. The molecule has 4 nitrogen and oxygen atoms in total. The Morgan fingerprint density at radius 2 is 1.86 bits per heavy atom. The second-order valence-electron chi connectivity index (χ2n) is 3.55. The highest BCUT2D eigenvalue weighted by molar-refractivity contribution is 5.75. The number of rotatable bonds is 9. The Hall–Kier alpha value is -0.930. The summed E-state index contributed by atoms with van der Waals surface area (Å²) < 4.78 is 0. The predicted octanol–water partition coefficient (Wildman–Crippen LogP) is 2.53. The van der Waals surface area contributed by atoms with Gasteiger partial charge in [0.05, 0.1) is 5.29 Å². The summed E-state index contributed by atoms with van der Waals surface area (Å²) >= 11 is 0. The van der Waals surface area contributed by atoms with E-state index >= 15 is 0 Å². The van der Waals surface area contributed by atoms with Crippen molar-refractivity contribution in [3.8, 4) is 0 Å². The highest BCUT2D eigenvalue weighted by Crippen LogP contribution is 2.01. The van der Waals surface area contributed by atoms with Crippen molar-refractivity contribution in [3.05, 3.63) is 4.91 Å². The van der Waals surface area contributed by atoms with Gasteiger partial charge in [0, 0.05) is 19.5 Å². The topological polar surface area (TPSA) is 49.7 Å². The molecular formula is C10H20N2O2. The van der Waals surface area contributed by atoms with Crippen LogP contribution in [0.25, 0.3) is 0 Å². The van der Waals surface area contributed by atoms with Gasteiger partial charge in [0.25, 0.3) is 0 Å². The molecule has 0 aromatic rings. The first kappa shape index (κ1) is 13.1. The second-order valence-corrected chi connectivity index (χ2v) is 3.55. The van der Waals surface area contributed by atoms with E-state index in [4.69, 9.17) is 0 Å². The van der Waals surface area contributed by atoms with Gasteiger partial charge >= 0.3 is 0 Å². The van der Waals surface area contributed by atoms with Crippen molar-refractivity contribution in [2.75, 3.05) is 13.1 Å². The number of carbonyl (C=O) groups excluding carboxylic acids is 1. The van der Waals surface area contributed by atoms with Gasteiger partial charge < -0.3 is 4.79 Å². The van der Waals surface area contributed by atoms with Crippen molar-refractivity contribution in [1.29, 1.82) is 0 Å². The van der Waals surface area contributed by atoms with Gasteiger partial charge in [0.2, 0.25) is 0 Å². The van der Waals surface area contributed by atoms with E-state index in [1.807, 2.05) is 0 Å². The van der Waals surface area contributed by atoms with E-state index in [1.54, 1.807) is 6.92 Å². The molecule has 0 radical (unpaired) electrons. The van der Waals surface area contributed by atoms with E-state index < -0.39 is 0 Å². The third-order valence-corrected chi connectivity index (χ3v) is 2.08. The molecule has 0 rings (SSSR count). The molecule has 14 heavy (non-hydrogen) atoms. The van der Waals surface area contributed by atoms with Crippen LogP contribution in [0.3, 0.4) is 0 Å². The predicted molar refractivity (Wildman–Crippen MR) is 56.8 cm³/mol. The van der Waals surface area contributed by atoms with Crippen molar-refractivity contribution in [2.45, 2.75) is 46.0 Å². The maximum atomic E-state index is 10.6. The number of hydrogen-bond acceptors (Lipinski definition) is 3. The van der Waals surface area contributed by atoms with Gasteiger partial charge in [-0.1, -0.05) is 19.8 Å². The third-order valence-electron chi connectivity index (χ3n) is 2.08. The van der Waals surface area contributed by atoms with Crippen LogP contribution < -0.4 is 0 Å². The lowest BCUT2D eigenvalue weighted by atomic mass is 10.2. The average molecular weight is 200 g/mol. The number of hydrogen-bond donors (Lipinski definition) is 0. The minimum Gasteiger partial charge on any atom is -0.300 e. The van der Waals surface area contributed by atoms with Gasteiger partial charge in [-0.25, -0.2) is 0 Å². The van der Waals surface area contributed by atoms with Gasteiger partial charge in [-0.2, -0.15) is 0 Å². The SMILES string of the molecule is CCCCCN(CCCC(C)=O)N=O. The summed E-state index contributed by atoms with van der Waals surface area (Å²) in [6.07, 6.45) is 4.54. The van der Waals surface area contributed by atoms with Crippen LogP contribution >= 0.6 is 0 Å². The molecule has 0 saturated carbocycles. The number of carbonyl (C=O) groups is 1. The average Bonchev–Trinajstić information content (AvgIpc) is 2.15. The third kappa shape index (κ3) is 7.71. The fourth-order valence-electron chi connectivity index (χ4n) is 1.25. The van der Waals surface area contributed by atoms with Gasteiger partial charge in [-0.15, -0.1) is 4.91 Å². The van der Waals surface area contributed by atoms with Crippen LogP contribution in [0, 0.1) is 4.91 Å². The van der Waals surface area contributed by atoms with Crippen LogP contribution in [-0.2, 0) is 4.79 Å². The van der Waals surface area contributed by atoms with Crippen molar-refractivity contribution in [2.24, 2.45) is 5.29 Å². The molecule has 0 heterocycles. The summed E-state index contributed by atoms with van der Waals surface area (Å²) in [5.74, 6) is 0.171. The van der Waals surface area contributed by atoms with E-state index in [0.29, 0.717) is 13.0 Å². The fraction of sp³-hybridized carbons (Fsp3) is 0.900. The first-order valence-electron chi connectivity index (χ1n) is 5.28. The number of nitroso groups, excluding NO2 is 1. The van der Waals surface area contributed by atoms with Crippen LogP contribution in [0.2, 0.25) is 0 Å². The smallest absolute Gasteiger partial charge is 0.129 e. The van der Waals surface area contributed by atoms with E-state index in [1.165, 1.54) is 5.01 Å². The normalized spacial score (nSPS) is 9.86. The lowest BCUT2D eigenvalue weighted by Gasteiger charge is -2.13. The molecule has 82 valence electrons. The molecule has 0 atom stereocenters. The summed E-state index contributed by atoms with van der Waals surface area (Å²) in [6, 6.07) is 0. The number of ketones is 1. The monoisotopic (exact) mass is 200 g/mol. The Morgan fingerprint density at radius 1 is 1.21 bits per heavy atom. The lowest BCUT2D eigenvalue weighted by molar-refractivity contribution is -0.117. The molecule has 0 aliphatic rings. The number of Topliss-reactive ketones (excluding diaryl/α,β-unsaturated/α-hetero) is 1. The Bertz CT molecular complexity index is 172. The molecule has 0 aromatic carbocycles. The Morgan fingerprint density at radius 3 is 2.36 bits per heavy atom. The summed E-state index contributed by atoms with van der Waals surface area (Å²) in [6.45, 7) is 5.01. The summed E-state index contributed by atoms with van der Waals surface area (Å²) in [7, 11) is 0. The molecule has 4 heteroatoms. The first-order valence-corrected chi connectivity index (χ1v) is 5.28. The first-order chi connectivity index (χ1) is 6.70. The molecule has 0 saturated heterocycles. The summed E-state index contributed by atoms with van der Waals surface area (Å²) in [4.78, 5) is 21.0. The molecule has 0 fully saturated rings. The summed E-state index contributed by atoms with van der Waals surface area (Å²) in [5.41, 5.74) is 0. The molecule has 0 N–H and O–H groups in total. The van der Waals surface area contributed by atoms with Crippen LogP contribution in [0.5, 0.6) is 0 Å². The zero-order chi connectivity index (χ0) is 10.8. The van der Waals surface area contributed by atoms with Gasteiger partial charge in [0.15, 0.2) is 0 Å². The molecule has 0 aliphatic carbocycles. The second kappa shape index (κ2) is 8.66. The molecule has 0 spiro atoms. The standard InChI is InChI=1S/C10H20N2O2/c1-3-4-5-8-12(11-14)9-6-7-10(2)13/h3-9H2,1-2H3. The van der Waals surface area contributed by atoms with E-state index in [0.717, 1.165) is 32.2 Å². The quantitative estimate of drug-likeness (QED) is 0.326. The number of unbranched alkanes of at least 4 members (excludes halogenated alkanes) is 2. The van der Waals surface area contributed by atoms with Gasteiger partial charge in [-0.3, -0.25) is 5.01 Å². The van der Waals surface area contributed by atoms with Gasteiger partial charge in [-0.05, 0) is 19.8 Å². The van der Waals surface area contributed by atoms with Crippen LogP contribution in [0.4, 0.5) is 0 Å². The van der Waals surface area contributed by atoms with Crippen molar-refractivity contribution >= 4 is 5.78 Å². The lowest BCUT2D eigenvalue weighted by Crippen LogP contribution is -2.19. The summed E-state index contributed by atoms with van der Waals surface area (Å²) in [5, 5.41) is 4.44. The van der Waals surface area contributed by atoms with E-state index in [2.05, 4.69) is 12.2 Å². The zero-order valence-corrected chi connectivity index (χ0v) is 9.16. The van der Waals surface area contributed by atoms with Crippen molar-refractivity contribution < 1.29 is 4.79 Å². The minimum absolute atomic E-state index is 0.171. The number of nitrogens with zero attached hydrogens (tertiary/aromatic N) is 2. The Kier molecular flexibility index (Phi) is 8.08. The van der Waals surface area contributed by atoms with Crippen LogP contribution in [0.1, 0.15) is 46.0 Å². The fourth-order valence-corrected chi connectivity index (χ4v) is 1.25. The largest absolute Gasteiger partial charge is 0.300 e. The van der Waals surface area contributed by atoms with Crippen molar-refractivity contribution in [3.63, 3.8) is 0 Å². The highest BCUT2D eigenvalue weighted by atomic mass is 16.3. The molecule has 0 aliphatic heterocycles. The Balaban J connectivity index is 3.47. The van der Waals surface area contributed by atoms with Crippen LogP contribution in [-0.4, -0.2) is 23.9 Å². The van der Waals surface area contributed by atoms with E-state index in [9.17, 15) is 9.70 Å². The molecule has 0 bridgehead atoms. The van der Waals surface area contributed by atoms with Gasteiger partial charge in [0.1, 0.15) is 5.78 Å². The molecular weight excluding hydrogens is 180 g/mol. The van der Waals surface area contributed by atoms with Crippen LogP contribution in [0.15, 0.2) is 5.29 Å².